The predicted octanol–water partition coefficient (Wildman–Crippen LogP) is 6.62. The summed E-state index contributed by atoms with van der Waals surface area (Å²) < 4.78 is 16.7. The van der Waals surface area contributed by atoms with Crippen molar-refractivity contribution in [3.05, 3.63) is 69.2 Å². The second-order valence-electron chi connectivity index (χ2n) is 7.94. The van der Waals surface area contributed by atoms with Crippen molar-refractivity contribution in [2.45, 2.75) is 45.3 Å². The number of hydrogen-bond acceptors (Lipinski definition) is 4. The third kappa shape index (κ3) is 7.58. The van der Waals surface area contributed by atoms with E-state index in [4.69, 9.17) is 49.0 Å². The molecule has 4 nitrogen and oxygen atoms in total. The number of halogens is 3. The quantitative estimate of drug-likeness (QED) is 0.387. The zero-order chi connectivity index (χ0) is 23.0. The molecule has 0 saturated carbocycles. The summed E-state index contributed by atoms with van der Waals surface area (Å²) in [7, 11) is 0. The van der Waals surface area contributed by atoms with Gasteiger partial charge in [0.2, 0.25) is 0 Å². The summed E-state index contributed by atoms with van der Waals surface area (Å²) in [5.41, 5.74) is 3.05. The van der Waals surface area contributed by atoms with E-state index in [0.717, 1.165) is 11.1 Å². The molecular weight excluding hydrogens is 459 g/mol. The fraction of sp³-hybridized carbons (Fsp3) is 0.417. The highest BCUT2D eigenvalue weighted by molar-refractivity contribution is 6.37. The number of aliphatic hydroxyl groups is 1. The number of rotatable bonds is 11. The average molecular weight is 488 g/mol. The number of benzene rings is 2. The maximum Gasteiger partial charge on any atom is 0.156 e. The molecule has 1 atom stereocenters. The van der Waals surface area contributed by atoms with Crippen LogP contribution < -0.4 is 9.47 Å². The summed E-state index contributed by atoms with van der Waals surface area (Å²) in [5, 5.41) is 10.8. The Morgan fingerprint density at radius 1 is 0.968 bits per heavy atom. The van der Waals surface area contributed by atoms with Crippen LogP contribution in [0.4, 0.5) is 0 Å². The zero-order valence-corrected chi connectivity index (χ0v) is 20.5. The van der Waals surface area contributed by atoms with E-state index in [0.29, 0.717) is 21.5 Å². The molecule has 0 aliphatic carbocycles. The van der Waals surface area contributed by atoms with Crippen molar-refractivity contribution in [3.63, 3.8) is 0 Å². The van der Waals surface area contributed by atoms with Crippen LogP contribution in [-0.4, -0.2) is 37.1 Å². The first-order chi connectivity index (χ1) is 14.6. The van der Waals surface area contributed by atoms with Crippen molar-refractivity contribution in [2.75, 3.05) is 19.8 Å². The molecule has 1 N–H and O–H groups in total. The van der Waals surface area contributed by atoms with E-state index >= 15 is 0 Å². The maximum atomic E-state index is 9.94. The molecule has 7 heteroatoms. The molecule has 2 aromatic carbocycles. The second-order valence-corrected chi connectivity index (χ2v) is 9.00. The Bertz CT molecular complexity index is 841. The van der Waals surface area contributed by atoms with Crippen molar-refractivity contribution >= 4 is 34.8 Å². The molecule has 2 rings (SSSR count). The van der Waals surface area contributed by atoms with Gasteiger partial charge in [-0.25, -0.2) is 0 Å². The van der Waals surface area contributed by atoms with Gasteiger partial charge in [-0.3, -0.25) is 0 Å². The van der Waals surface area contributed by atoms with Crippen LogP contribution in [0.5, 0.6) is 11.5 Å². The van der Waals surface area contributed by atoms with Crippen molar-refractivity contribution in [3.8, 4) is 11.5 Å². The predicted molar refractivity (Wildman–Crippen MR) is 128 cm³/mol. The SMILES string of the molecule is CC(C)OCC(O)COc1ccc(C(C)(C)c2cc(Cl)c(OC/C=C/Cl)c(Cl)c2)cc1. The monoisotopic (exact) mass is 486 g/mol. The lowest BCUT2D eigenvalue weighted by molar-refractivity contribution is -0.0122. The summed E-state index contributed by atoms with van der Waals surface area (Å²) >= 11 is 18.4. The summed E-state index contributed by atoms with van der Waals surface area (Å²) in [6, 6.07) is 11.5. The van der Waals surface area contributed by atoms with Crippen LogP contribution in [0.3, 0.4) is 0 Å². The largest absolute Gasteiger partial charge is 0.491 e. The lowest BCUT2D eigenvalue weighted by Gasteiger charge is -2.27. The lowest BCUT2D eigenvalue weighted by Crippen LogP contribution is -2.25. The Balaban J connectivity index is 2.09. The van der Waals surface area contributed by atoms with Gasteiger partial charge in [0.1, 0.15) is 25.1 Å². The lowest BCUT2D eigenvalue weighted by atomic mass is 9.78. The van der Waals surface area contributed by atoms with Gasteiger partial charge in [-0.1, -0.05) is 60.8 Å². The Morgan fingerprint density at radius 3 is 2.13 bits per heavy atom. The summed E-state index contributed by atoms with van der Waals surface area (Å²) in [6.45, 7) is 8.73. The van der Waals surface area contributed by atoms with Crippen molar-refractivity contribution in [1.82, 2.24) is 0 Å². The Morgan fingerprint density at radius 2 is 1.58 bits per heavy atom. The van der Waals surface area contributed by atoms with Gasteiger partial charge >= 0.3 is 0 Å². The first-order valence-corrected chi connectivity index (χ1v) is 11.2. The smallest absolute Gasteiger partial charge is 0.156 e. The Labute approximate surface area is 199 Å². The van der Waals surface area contributed by atoms with E-state index in [1.54, 1.807) is 6.08 Å². The van der Waals surface area contributed by atoms with Gasteiger partial charge in [0, 0.05) is 11.0 Å². The molecule has 0 aliphatic rings. The fourth-order valence-electron chi connectivity index (χ4n) is 2.90. The van der Waals surface area contributed by atoms with E-state index in [-0.39, 0.29) is 31.3 Å². The molecule has 0 aliphatic heterocycles. The fourth-order valence-corrected chi connectivity index (χ4v) is 3.57. The molecule has 2 aromatic rings. The molecule has 0 radical (unpaired) electrons. The molecule has 31 heavy (non-hydrogen) atoms. The van der Waals surface area contributed by atoms with E-state index in [9.17, 15) is 5.11 Å². The number of hydrogen-bond donors (Lipinski definition) is 1. The second kappa shape index (κ2) is 12.0. The molecule has 0 heterocycles. The molecule has 0 fully saturated rings. The molecule has 0 amide bonds. The van der Waals surface area contributed by atoms with Crippen LogP contribution in [0.15, 0.2) is 48.0 Å². The van der Waals surface area contributed by atoms with Crippen LogP contribution >= 0.6 is 34.8 Å². The highest BCUT2D eigenvalue weighted by Gasteiger charge is 2.25. The Kier molecular flexibility index (Phi) is 9.98. The van der Waals surface area contributed by atoms with Crippen molar-refractivity contribution in [2.24, 2.45) is 0 Å². The normalized spacial score (nSPS) is 13.1. The van der Waals surface area contributed by atoms with E-state index in [1.165, 1.54) is 5.54 Å². The van der Waals surface area contributed by atoms with Crippen LogP contribution in [0, 0.1) is 0 Å². The average Bonchev–Trinajstić information content (AvgIpc) is 2.72. The molecule has 1 unspecified atom stereocenters. The first-order valence-electron chi connectivity index (χ1n) is 10.1. The van der Waals surface area contributed by atoms with Gasteiger partial charge in [0.25, 0.3) is 0 Å². The zero-order valence-electron chi connectivity index (χ0n) is 18.2. The van der Waals surface area contributed by atoms with Gasteiger partial charge < -0.3 is 19.3 Å². The summed E-state index contributed by atoms with van der Waals surface area (Å²) in [6.07, 6.45) is 1.05. The van der Waals surface area contributed by atoms with Gasteiger partial charge in [-0.15, -0.1) is 0 Å². The topological polar surface area (TPSA) is 47.9 Å². The van der Waals surface area contributed by atoms with E-state index in [2.05, 4.69) is 13.8 Å². The highest BCUT2D eigenvalue weighted by atomic mass is 35.5. The van der Waals surface area contributed by atoms with Gasteiger partial charge in [0.15, 0.2) is 5.75 Å². The third-order valence-corrected chi connectivity index (χ3v) is 5.51. The van der Waals surface area contributed by atoms with E-state index < -0.39 is 6.10 Å². The van der Waals surface area contributed by atoms with Gasteiger partial charge in [0.05, 0.1) is 22.8 Å². The Hall–Kier alpha value is -1.43. The number of ether oxygens (including phenoxy) is 3. The van der Waals surface area contributed by atoms with Crippen LogP contribution in [0.2, 0.25) is 10.0 Å². The molecule has 0 bridgehead atoms. The summed E-state index contributed by atoms with van der Waals surface area (Å²) in [5.74, 6) is 1.11. The maximum absolute atomic E-state index is 9.94. The molecule has 0 spiro atoms. The highest BCUT2D eigenvalue weighted by Crippen LogP contribution is 2.40. The minimum Gasteiger partial charge on any atom is -0.491 e. The van der Waals surface area contributed by atoms with E-state index in [1.807, 2.05) is 50.2 Å². The standard InChI is InChI=1S/C24H29Cl3O4/c1-16(2)30-14-19(28)15-31-20-8-6-17(7-9-20)24(3,4)18-12-21(26)23(22(27)13-18)29-11-5-10-25/h5-10,12-13,16,19,28H,11,14-15H2,1-4H3/b10-5+. The first kappa shape index (κ1) is 25.8. The van der Waals surface area contributed by atoms with Crippen molar-refractivity contribution < 1.29 is 19.3 Å². The van der Waals surface area contributed by atoms with Crippen LogP contribution in [-0.2, 0) is 10.2 Å². The van der Waals surface area contributed by atoms with Crippen molar-refractivity contribution in [1.29, 1.82) is 0 Å². The molecular formula is C24H29Cl3O4. The summed E-state index contributed by atoms with van der Waals surface area (Å²) in [4.78, 5) is 0. The molecule has 0 saturated heterocycles. The minimum atomic E-state index is -0.677. The van der Waals surface area contributed by atoms with Crippen LogP contribution in [0.25, 0.3) is 0 Å². The third-order valence-electron chi connectivity index (χ3n) is 4.77. The molecule has 0 aromatic heterocycles. The minimum absolute atomic E-state index is 0.0706. The van der Waals surface area contributed by atoms with Crippen LogP contribution in [0.1, 0.15) is 38.8 Å². The molecule has 170 valence electrons. The number of aliphatic hydroxyl groups excluding tert-OH is 1. The van der Waals surface area contributed by atoms with Gasteiger partial charge in [-0.2, -0.15) is 0 Å². The van der Waals surface area contributed by atoms with Gasteiger partial charge in [-0.05, 0) is 55.3 Å².